The molecule has 0 aliphatic carbocycles. The Bertz CT molecular complexity index is 713. The predicted molar refractivity (Wildman–Crippen MR) is 95.0 cm³/mol. The quantitative estimate of drug-likeness (QED) is 0.825. The fraction of sp³-hybridized carbons (Fsp3) is 0.444. The largest absolute Gasteiger partial charge is 0.416 e. The van der Waals surface area contributed by atoms with Gasteiger partial charge >= 0.3 is 6.18 Å². The number of alkyl halides is 3. The van der Waals surface area contributed by atoms with Crippen molar-refractivity contribution in [3.8, 4) is 0 Å². The van der Waals surface area contributed by atoms with E-state index < -0.39 is 11.7 Å². The molecule has 0 bridgehead atoms. The highest BCUT2D eigenvalue weighted by atomic mass is 35.5. The molecule has 1 saturated heterocycles. The minimum atomic E-state index is -4.29. The van der Waals surface area contributed by atoms with E-state index in [1.165, 1.54) is 12.1 Å². The first kappa shape index (κ1) is 18.9. The summed E-state index contributed by atoms with van der Waals surface area (Å²) in [4.78, 5) is 2.20. The summed E-state index contributed by atoms with van der Waals surface area (Å²) in [5.74, 6) is 1.20. The van der Waals surface area contributed by atoms with Gasteiger partial charge in [-0.1, -0.05) is 29.8 Å². The van der Waals surface area contributed by atoms with Gasteiger partial charge in [-0.3, -0.25) is 4.90 Å². The minimum Gasteiger partial charge on any atom is -0.368 e. The van der Waals surface area contributed by atoms with Crippen molar-refractivity contribution in [3.63, 3.8) is 0 Å². The fourth-order valence-corrected chi connectivity index (χ4v) is 3.21. The third kappa shape index (κ3) is 5.32. The molecule has 0 unspecified atom stereocenters. The normalized spacial score (nSPS) is 16.6. The van der Waals surface area contributed by atoms with Crippen LogP contribution >= 0.6 is 11.6 Å². The number of piperidine rings is 1. The Kier molecular flexibility index (Phi) is 5.98. The molecule has 0 saturated carbocycles. The number of hydrogen-bond acceptors (Lipinski definition) is 4. The lowest BCUT2D eigenvalue weighted by Crippen LogP contribution is -2.35. The van der Waals surface area contributed by atoms with Gasteiger partial charge in [0, 0.05) is 13.1 Å². The fourth-order valence-electron chi connectivity index (χ4n) is 3.11. The first-order valence-electron chi connectivity index (χ1n) is 8.52. The van der Waals surface area contributed by atoms with Crippen LogP contribution in [0.3, 0.4) is 0 Å². The summed E-state index contributed by atoms with van der Waals surface area (Å²) in [5.41, 5.74) is 0.117. The first-order chi connectivity index (χ1) is 12.4. The summed E-state index contributed by atoms with van der Waals surface area (Å²) in [6.07, 6.45) is -2.31. The van der Waals surface area contributed by atoms with Gasteiger partial charge in [0.1, 0.15) is 5.82 Å². The summed E-state index contributed by atoms with van der Waals surface area (Å²) >= 11 is 5.71. The topological polar surface area (TPSA) is 41.0 Å². The van der Waals surface area contributed by atoms with Crippen LogP contribution in [-0.4, -0.2) is 34.7 Å². The highest BCUT2D eigenvalue weighted by molar-refractivity contribution is 6.29. The van der Waals surface area contributed by atoms with Gasteiger partial charge in [-0.25, -0.2) is 0 Å². The van der Waals surface area contributed by atoms with Gasteiger partial charge in [-0.2, -0.15) is 13.2 Å². The van der Waals surface area contributed by atoms with E-state index in [1.54, 1.807) is 18.2 Å². The van der Waals surface area contributed by atoms with Crippen molar-refractivity contribution in [1.29, 1.82) is 0 Å². The van der Waals surface area contributed by atoms with Crippen molar-refractivity contribution < 1.29 is 13.2 Å². The summed E-state index contributed by atoms with van der Waals surface area (Å²) < 4.78 is 38.4. The van der Waals surface area contributed by atoms with E-state index in [0.717, 1.165) is 38.5 Å². The van der Waals surface area contributed by atoms with Crippen LogP contribution < -0.4 is 5.32 Å². The smallest absolute Gasteiger partial charge is 0.368 e. The molecule has 2 aromatic rings. The van der Waals surface area contributed by atoms with Crippen molar-refractivity contribution >= 4 is 17.4 Å². The van der Waals surface area contributed by atoms with Crippen LogP contribution in [0.25, 0.3) is 0 Å². The molecule has 26 heavy (non-hydrogen) atoms. The molecule has 3 rings (SSSR count). The number of likely N-dealkylation sites (tertiary alicyclic amines) is 1. The SMILES string of the molecule is FC(F)(F)c1cccc(CN2CCC(CNc3ccc(Cl)nn3)CC2)c1. The van der Waals surface area contributed by atoms with Crippen LogP contribution in [-0.2, 0) is 12.7 Å². The Labute approximate surface area is 155 Å². The lowest BCUT2D eigenvalue weighted by Gasteiger charge is -2.32. The molecule has 1 aliphatic rings. The van der Waals surface area contributed by atoms with E-state index in [4.69, 9.17) is 11.6 Å². The van der Waals surface area contributed by atoms with Crippen LogP contribution in [0.4, 0.5) is 19.0 Å². The molecule has 1 N–H and O–H groups in total. The number of hydrogen-bond donors (Lipinski definition) is 1. The predicted octanol–water partition coefficient (Wildman–Crippen LogP) is 4.47. The Hall–Kier alpha value is -1.86. The molecule has 8 heteroatoms. The average Bonchev–Trinajstić information content (AvgIpc) is 2.62. The molecule has 0 atom stereocenters. The van der Waals surface area contributed by atoms with Gasteiger partial charge in [-0.05, 0) is 55.6 Å². The maximum Gasteiger partial charge on any atom is 0.416 e. The highest BCUT2D eigenvalue weighted by Gasteiger charge is 2.30. The Balaban J connectivity index is 1.46. The highest BCUT2D eigenvalue weighted by Crippen LogP contribution is 2.30. The zero-order valence-corrected chi connectivity index (χ0v) is 14.9. The van der Waals surface area contributed by atoms with Crippen LogP contribution in [0.2, 0.25) is 5.15 Å². The van der Waals surface area contributed by atoms with E-state index in [-0.39, 0.29) is 0 Å². The second-order valence-corrected chi connectivity index (χ2v) is 6.93. The van der Waals surface area contributed by atoms with Crippen LogP contribution in [0.1, 0.15) is 24.0 Å². The third-order valence-corrected chi connectivity index (χ3v) is 4.77. The maximum atomic E-state index is 12.8. The first-order valence-corrected chi connectivity index (χ1v) is 8.89. The molecule has 4 nitrogen and oxygen atoms in total. The molecule has 1 fully saturated rings. The second-order valence-electron chi connectivity index (χ2n) is 6.54. The number of halogens is 4. The molecule has 0 amide bonds. The Morgan fingerprint density at radius 1 is 1.12 bits per heavy atom. The molecule has 140 valence electrons. The van der Waals surface area contributed by atoms with Gasteiger partial charge < -0.3 is 5.32 Å². The number of nitrogens with zero attached hydrogens (tertiary/aromatic N) is 3. The van der Waals surface area contributed by atoms with E-state index in [0.29, 0.717) is 29.0 Å². The van der Waals surface area contributed by atoms with Crippen molar-refractivity contribution in [2.45, 2.75) is 25.6 Å². The number of aromatic nitrogens is 2. The number of benzene rings is 1. The molecular formula is C18H20ClF3N4. The second kappa shape index (κ2) is 8.22. The number of anilines is 1. The lowest BCUT2D eigenvalue weighted by atomic mass is 9.96. The minimum absolute atomic E-state index is 0.360. The summed E-state index contributed by atoms with van der Waals surface area (Å²) in [7, 11) is 0. The standard InChI is InChI=1S/C18H20ClF3N4/c19-16-4-5-17(25-24-16)23-11-13-6-8-26(9-7-13)12-14-2-1-3-15(10-14)18(20,21)22/h1-5,10,13H,6-9,11-12H2,(H,23,25). The number of nitrogens with one attached hydrogen (secondary N) is 1. The monoisotopic (exact) mass is 384 g/mol. The van der Waals surface area contributed by atoms with Crippen molar-refractivity contribution in [2.24, 2.45) is 5.92 Å². The summed E-state index contributed by atoms with van der Waals surface area (Å²) in [5, 5.41) is 11.4. The zero-order chi connectivity index (χ0) is 18.6. The molecule has 1 aliphatic heterocycles. The van der Waals surface area contributed by atoms with Crippen molar-refractivity contribution in [1.82, 2.24) is 15.1 Å². The summed E-state index contributed by atoms with van der Waals surface area (Å²) in [6, 6.07) is 9.06. The molecule has 1 aromatic carbocycles. The van der Waals surface area contributed by atoms with Crippen LogP contribution in [0, 0.1) is 5.92 Å². The Morgan fingerprint density at radius 3 is 2.54 bits per heavy atom. The van der Waals surface area contributed by atoms with E-state index >= 15 is 0 Å². The van der Waals surface area contributed by atoms with Crippen LogP contribution in [0.5, 0.6) is 0 Å². The molecular weight excluding hydrogens is 365 g/mol. The van der Waals surface area contributed by atoms with Crippen molar-refractivity contribution in [3.05, 3.63) is 52.7 Å². The number of rotatable bonds is 5. The van der Waals surface area contributed by atoms with Crippen molar-refractivity contribution in [2.75, 3.05) is 25.0 Å². The van der Waals surface area contributed by atoms with Crippen LogP contribution in [0.15, 0.2) is 36.4 Å². The molecule has 1 aromatic heterocycles. The molecule has 0 spiro atoms. The van der Waals surface area contributed by atoms with Gasteiger partial charge in [0.15, 0.2) is 5.15 Å². The Morgan fingerprint density at radius 2 is 1.88 bits per heavy atom. The van der Waals surface area contributed by atoms with Gasteiger partial charge in [0.25, 0.3) is 0 Å². The summed E-state index contributed by atoms with van der Waals surface area (Å²) in [6.45, 7) is 3.09. The lowest BCUT2D eigenvalue weighted by molar-refractivity contribution is -0.137. The van der Waals surface area contributed by atoms with E-state index in [1.807, 2.05) is 0 Å². The van der Waals surface area contributed by atoms with E-state index in [2.05, 4.69) is 20.4 Å². The third-order valence-electron chi connectivity index (χ3n) is 4.57. The van der Waals surface area contributed by atoms with E-state index in [9.17, 15) is 13.2 Å². The van der Waals surface area contributed by atoms with Gasteiger partial charge in [0.05, 0.1) is 5.56 Å². The zero-order valence-electron chi connectivity index (χ0n) is 14.1. The van der Waals surface area contributed by atoms with Gasteiger partial charge in [0.2, 0.25) is 0 Å². The maximum absolute atomic E-state index is 12.8. The molecule has 2 heterocycles. The molecule has 0 radical (unpaired) electrons. The van der Waals surface area contributed by atoms with Gasteiger partial charge in [-0.15, -0.1) is 10.2 Å². The average molecular weight is 385 g/mol.